The Morgan fingerprint density at radius 3 is 3.07 bits per heavy atom. The fourth-order valence-electron chi connectivity index (χ4n) is 1.32. The zero-order chi connectivity index (χ0) is 10.8. The molecule has 0 saturated carbocycles. The molecule has 15 heavy (non-hydrogen) atoms. The molecule has 0 unspecified atom stereocenters. The van der Waals surface area contributed by atoms with E-state index in [0.717, 1.165) is 9.71 Å². The fraction of sp³-hybridized carbons (Fsp3) is 0.273. The number of hydrogen-bond acceptors (Lipinski definition) is 3. The third-order valence-electron chi connectivity index (χ3n) is 2.14. The van der Waals surface area contributed by atoms with Crippen molar-refractivity contribution in [1.82, 2.24) is 4.98 Å². The van der Waals surface area contributed by atoms with Crippen molar-refractivity contribution in [3.05, 3.63) is 29.0 Å². The monoisotopic (exact) mass is 223 g/mol. The predicted octanol–water partition coefficient (Wildman–Crippen LogP) is 2.96. The molecule has 0 aliphatic heterocycles. The van der Waals surface area contributed by atoms with Gasteiger partial charge >= 0.3 is 0 Å². The SMILES string of the molecule is CCC(=O)Cc1nc2cc(F)ccc2s1. The van der Waals surface area contributed by atoms with Gasteiger partial charge < -0.3 is 0 Å². The predicted molar refractivity (Wildman–Crippen MR) is 58.6 cm³/mol. The summed E-state index contributed by atoms with van der Waals surface area (Å²) in [6.45, 7) is 1.83. The molecule has 0 radical (unpaired) electrons. The van der Waals surface area contributed by atoms with Crippen LogP contribution >= 0.6 is 11.3 Å². The van der Waals surface area contributed by atoms with E-state index in [2.05, 4.69) is 4.98 Å². The second-order valence-electron chi connectivity index (χ2n) is 3.29. The van der Waals surface area contributed by atoms with Crippen LogP contribution < -0.4 is 0 Å². The van der Waals surface area contributed by atoms with Gasteiger partial charge in [-0.3, -0.25) is 4.79 Å². The summed E-state index contributed by atoms with van der Waals surface area (Å²) >= 11 is 1.45. The van der Waals surface area contributed by atoms with Crippen LogP contribution in [0.25, 0.3) is 10.2 Å². The smallest absolute Gasteiger partial charge is 0.139 e. The van der Waals surface area contributed by atoms with Crippen molar-refractivity contribution in [2.45, 2.75) is 19.8 Å². The van der Waals surface area contributed by atoms with Gasteiger partial charge in [-0.1, -0.05) is 6.92 Å². The highest BCUT2D eigenvalue weighted by Crippen LogP contribution is 2.23. The van der Waals surface area contributed by atoms with Crippen LogP contribution in [0.1, 0.15) is 18.4 Å². The molecule has 0 aliphatic rings. The van der Waals surface area contributed by atoms with Gasteiger partial charge in [-0.2, -0.15) is 0 Å². The van der Waals surface area contributed by atoms with Crippen molar-refractivity contribution in [3.63, 3.8) is 0 Å². The first kappa shape index (κ1) is 10.2. The van der Waals surface area contributed by atoms with Crippen molar-refractivity contribution in [3.8, 4) is 0 Å². The van der Waals surface area contributed by atoms with Crippen LogP contribution in [-0.2, 0) is 11.2 Å². The van der Waals surface area contributed by atoms with Crippen LogP contribution in [0.15, 0.2) is 18.2 Å². The highest BCUT2D eigenvalue weighted by molar-refractivity contribution is 7.18. The topological polar surface area (TPSA) is 30.0 Å². The van der Waals surface area contributed by atoms with E-state index in [1.165, 1.54) is 23.5 Å². The van der Waals surface area contributed by atoms with Gasteiger partial charge in [0.2, 0.25) is 0 Å². The van der Waals surface area contributed by atoms with Crippen LogP contribution in [0.2, 0.25) is 0 Å². The summed E-state index contributed by atoms with van der Waals surface area (Å²) in [6, 6.07) is 4.50. The molecular weight excluding hydrogens is 213 g/mol. The summed E-state index contributed by atoms with van der Waals surface area (Å²) in [4.78, 5) is 15.4. The van der Waals surface area contributed by atoms with E-state index < -0.39 is 0 Å². The third kappa shape index (κ3) is 2.21. The Bertz CT molecular complexity index is 506. The number of carbonyl (C=O) groups excluding carboxylic acids is 1. The highest BCUT2D eigenvalue weighted by atomic mass is 32.1. The van der Waals surface area contributed by atoms with Crippen molar-refractivity contribution >= 4 is 27.3 Å². The second-order valence-corrected chi connectivity index (χ2v) is 4.40. The maximum atomic E-state index is 12.9. The van der Waals surface area contributed by atoms with E-state index in [1.807, 2.05) is 6.92 Å². The summed E-state index contributed by atoms with van der Waals surface area (Å²) < 4.78 is 13.8. The standard InChI is InChI=1S/C11H10FNOS/c1-2-8(14)6-11-13-9-5-7(12)3-4-10(9)15-11/h3-5H,2,6H2,1H3. The molecule has 2 aromatic rings. The third-order valence-corrected chi connectivity index (χ3v) is 3.17. The molecule has 78 valence electrons. The number of benzene rings is 1. The van der Waals surface area contributed by atoms with Crippen LogP contribution in [0.4, 0.5) is 4.39 Å². The molecule has 0 atom stereocenters. The molecule has 0 N–H and O–H groups in total. The molecule has 0 aliphatic carbocycles. The van der Waals surface area contributed by atoms with Gasteiger partial charge in [0.25, 0.3) is 0 Å². The van der Waals surface area contributed by atoms with E-state index in [1.54, 1.807) is 6.07 Å². The minimum atomic E-state index is -0.291. The summed E-state index contributed by atoms with van der Waals surface area (Å²) in [5.74, 6) is -0.129. The van der Waals surface area contributed by atoms with Crippen LogP contribution in [0.3, 0.4) is 0 Å². The first-order chi connectivity index (χ1) is 7.19. The number of nitrogens with zero attached hydrogens (tertiary/aromatic N) is 1. The highest BCUT2D eigenvalue weighted by Gasteiger charge is 2.07. The molecule has 0 spiro atoms. The number of fused-ring (bicyclic) bond motifs is 1. The van der Waals surface area contributed by atoms with Crippen molar-refractivity contribution < 1.29 is 9.18 Å². The Morgan fingerprint density at radius 1 is 1.53 bits per heavy atom. The average Bonchev–Trinajstić information content (AvgIpc) is 2.59. The number of Topliss-reactive ketones (excluding diaryl/α,β-unsaturated/α-hetero) is 1. The summed E-state index contributed by atoms with van der Waals surface area (Å²) in [6.07, 6.45) is 0.877. The molecule has 4 heteroatoms. The molecule has 0 saturated heterocycles. The molecule has 2 nitrogen and oxygen atoms in total. The van der Waals surface area contributed by atoms with E-state index in [0.29, 0.717) is 18.4 Å². The second kappa shape index (κ2) is 4.06. The maximum absolute atomic E-state index is 12.9. The lowest BCUT2D eigenvalue weighted by atomic mass is 10.2. The Kier molecular flexibility index (Phi) is 2.77. The first-order valence-electron chi connectivity index (χ1n) is 4.75. The number of halogens is 1. The van der Waals surface area contributed by atoms with Gasteiger partial charge in [-0.05, 0) is 12.1 Å². The Balaban J connectivity index is 2.34. The molecule has 1 aromatic heterocycles. The number of ketones is 1. The lowest BCUT2D eigenvalue weighted by Crippen LogP contribution is -1.99. The summed E-state index contributed by atoms with van der Waals surface area (Å²) in [7, 11) is 0. The largest absolute Gasteiger partial charge is 0.299 e. The summed E-state index contributed by atoms with van der Waals surface area (Å²) in [5.41, 5.74) is 0.638. The van der Waals surface area contributed by atoms with Crippen LogP contribution in [0, 0.1) is 5.82 Å². The van der Waals surface area contributed by atoms with Crippen LogP contribution in [-0.4, -0.2) is 10.8 Å². The normalized spacial score (nSPS) is 10.8. The lowest BCUT2D eigenvalue weighted by Gasteiger charge is -1.90. The quantitative estimate of drug-likeness (QED) is 0.800. The minimum Gasteiger partial charge on any atom is -0.299 e. The van der Waals surface area contributed by atoms with E-state index in [4.69, 9.17) is 0 Å². The van der Waals surface area contributed by atoms with Gasteiger partial charge in [-0.25, -0.2) is 9.37 Å². The zero-order valence-corrected chi connectivity index (χ0v) is 9.10. The number of carbonyl (C=O) groups is 1. The van der Waals surface area contributed by atoms with Crippen LogP contribution in [0.5, 0.6) is 0 Å². The summed E-state index contributed by atoms with van der Waals surface area (Å²) in [5, 5.41) is 0.766. The number of hydrogen-bond donors (Lipinski definition) is 0. The van der Waals surface area contributed by atoms with Gasteiger partial charge in [0.1, 0.15) is 16.6 Å². The molecule has 1 heterocycles. The van der Waals surface area contributed by atoms with Crippen molar-refractivity contribution in [1.29, 1.82) is 0 Å². The molecule has 1 aromatic carbocycles. The van der Waals surface area contributed by atoms with Gasteiger partial charge in [0.15, 0.2) is 0 Å². The first-order valence-corrected chi connectivity index (χ1v) is 5.57. The van der Waals surface area contributed by atoms with Gasteiger partial charge in [0, 0.05) is 12.5 Å². The van der Waals surface area contributed by atoms with E-state index >= 15 is 0 Å². The molecule has 0 amide bonds. The number of rotatable bonds is 3. The molecule has 2 rings (SSSR count). The molecule has 0 bridgehead atoms. The number of thiazole rings is 1. The molecular formula is C11H10FNOS. The van der Waals surface area contributed by atoms with Crippen molar-refractivity contribution in [2.75, 3.05) is 0 Å². The Hall–Kier alpha value is -1.29. The van der Waals surface area contributed by atoms with Gasteiger partial charge in [0.05, 0.1) is 16.6 Å². The lowest BCUT2D eigenvalue weighted by molar-refractivity contribution is -0.118. The Labute approximate surface area is 90.8 Å². The zero-order valence-electron chi connectivity index (χ0n) is 8.29. The Morgan fingerprint density at radius 2 is 2.33 bits per heavy atom. The van der Waals surface area contributed by atoms with E-state index in [9.17, 15) is 9.18 Å². The maximum Gasteiger partial charge on any atom is 0.139 e. The molecule has 0 fully saturated rings. The average molecular weight is 223 g/mol. The van der Waals surface area contributed by atoms with Crippen molar-refractivity contribution in [2.24, 2.45) is 0 Å². The fourth-order valence-corrected chi connectivity index (χ4v) is 2.29. The number of aromatic nitrogens is 1. The minimum absolute atomic E-state index is 0.162. The van der Waals surface area contributed by atoms with E-state index in [-0.39, 0.29) is 11.6 Å². The van der Waals surface area contributed by atoms with Gasteiger partial charge in [-0.15, -0.1) is 11.3 Å².